The van der Waals surface area contributed by atoms with Gasteiger partial charge in [0.1, 0.15) is 5.82 Å². The summed E-state index contributed by atoms with van der Waals surface area (Å²) in [5, 5.41) is 15.3. The molecule has 0 spiro atoms. The van der Waals surface area contributed by atoms with E-state index in [4.69, 9.17) is 4.74 Å². The third-order valence-corrected chi connectivity index (χ3v) is 7.21. The molecule has 3 atom stereocenters. The molecule has 5 rings (SSSR count). The van der Waals surface area contributed by atoms with Gasteiger partial charge in [-0.2, -0.15) is 0 Å². The predicted octanol–water partition coefficient (Wildman–Crippen LogP) is 3.65. The monoisotopic (exact) mass is 435 g/mol. The lowest BCUT2D eigenvalue weighted by molar-refractivity contribution is -0.114. The summed E-state index contributed by atoms with van der Waals surface area (Å²) in [4.78, 5) is 14.2. The fourth-order valence-electron chi connectivity index (χ4n) is 5.73. The lowest BCUT2D eigenvalue weighted by Gasteiger charge is -2.27. The van der Waals surface area contributed by atoms with E-state index in [0.29, 0.717) is 6.04 Å². The Balaban J connectivity index is 1.15. The zero-order valence-electron chi connectivity index (χ0n) is 18.8. The first-order valence-corrected chi connectivity index (χ1v) is 11.9. The maximum atomic E-state index is 11.5. The van der Waals surface area contributed by atoms with E-state index >= 15 is 0 Å². The molecule has 7 heteroatoms. The first-order valence-electron chi connectivity index (χ1n) is 11.9. The van der Waals surface area contributed by atoms with E-state index in [0.717, 1.165) is 53.7 Å². The van der Waals surface area contributed by atoms with Crippen LogP contribution in [-0.4, -0.2) is 59.9 Å². The normalized spacial score (nSPS) is 26.1. The largest absolute Gasteiger partial charge is 0.381 e. The molecule has 1 amide bonds. The number of nitrogens with one attached hydrogen (secondary N) is 2. The molecule has 3 heterocycles. The van der Waals surface area contributed by atoms with Crippen molar-refractivity contribution in [3.8, 4) is 11.3 Å². The number of hydrogen-bond donors (Lipinski definition) is 2. The van der Waals surface area contributed by atoms with Crippen LogP contribution in [0.4, 0.5) is 11.5 Å². The minimum Gasteiger partial charge on any atom is -0.381 e. The van der Waals surface area contributed by atoms with Gasteiger partial charge in [0.05, 0.1) is 11.4 Å². The third-order valence-electron chi connectivity index (χ3n) is 7.21. The minimum absolute atomic E-state index is 0.0956. The van der Waals surface area contributed by atoms with E-state index in [-0.39, 0.29) is 5.91 Å². The number of aromatic nitrogens is 2. The van der Waals surface area contributed by atoms with Gasteiger partial charge >= 0.3 is 0 Å². The number of nitrogens with zero attached hydrogens (tertiary/aromatic N) is 3. The molecular formula is C25H33N5O2. The van der Waals surface area contributed by atoms with Gasteiger partial charge in [-0.15, -0.1) is 10.2 Å². The molecule has 170 valence electrons. The number of carbonyl (C=O) groups excluding carboxylic acids is 1. The first-order chi connectivity index (χ1) is 15.6. The number of ether oxygens (including phenoxy) is 1. The van der Waals surface area contributed by atoms with Crippen LogP contribution in [0.2, 0.25) is 0 Å². The lowest BCUT2D eigenvalue weighted by Crippen LogP contribution is -2.32. The van der Waals surface area contributed by atoms with Gasteiger partial charge in [-0.05, 0) is 61.6 Å². The van der Waals surface area contributed by atoms with Gasteiger partial charge in [0.15, 0.2) is 0 Å². The highest BCUT2D eigenvalue weighted by molar-refractivity contribution is 5.93. The maximum absolute atomic E-state index is 11.5. The van der Waals surface area contributed by atoms with E-state index in [2.05, 4.69) is 25.7 Å². The van der Waals surface area contributed by atoms with Crippen molar-refractivity contribution in [1.82, 2.24) is 15.1 Å². The van der Waals surface area contributed by atoms with Crippen molar-refractivity contribution in [3.05, 3.63) is 36.4 Å². The predicted molar refractivity (Wildman–Crippen MR) is 125 cm³/mol. The average molecular weight is 436 g/mol. The van der Waals surface area contributed by atoms with Crippen LogP contribution in [0.15, 0.2) is 36.4 Å². The summed E-state index contributed by atoms with van der Waals surface area (Å²) >= 11 is 0. The zero-order chi connectivity index (χ0) is 21.9. The van der Waals surface area contributed by atoms with Gasteiger partial charge in [-0.3, -0.25) is 4.79 Å². The van der Waals surface area contributed by atoms with Gasteiger partial charge < -0.3 is 20.3 Å². The summed E-state index contributed by atoms with van der Waals surface area (Å²) < 4.78 is 5.51. The van der Waals surface area contributed by atoms with Crippen molar-refractivity contribution in [3.63, 3.8) is 0 Å². The molecule has 2 N–H and O–H groups in total. The van der Waals surface area contributed by atoms with E-state index in [1.807, 2.05) is 36.4 Å². The van der Waals surface area contributed by atoms with E-state index in [1.165, 1.54) is 52.2 Å². The molecule has 7 nitrogen and oxygen atoms in total. The Morgan fingerprint density at radius 2 is 1.81 bits per heavy atom. The number of para-hydroxylation sites is 1. The molecule has 0 bridgehead atoms. The molecule has 2 saturated heterocycles. The van der Waals surface area contributed by atoms with Crippen LogP contribution < -0.4 is 10.6 Å². The van der Waals surface area contributed by atoms with Crippen molar-refractivity contribution in [2.24, 2.45) is 17.8 Å². The summed E-state index contributed by atoms with van der Waals surface area (Å²) in [6.07, 6.45) is 4.87. The minimum atomic E-state index is -0.0956. The van der Waals surface area contributed by atoms with Crippen LogP contribution in [0, 0.1) is 17.8 Å². The van der Waals surface area contributed by atoms with Crippen LogP contribution >= 0.6 is 0 Å². The first kappa shape index (κ1) is 21.3. The Hall–Kier alpha value is -2.51. The van der Waals surface area contributed by atoms with Crippen molar-refractivity contribution < 1.29 is 9.53 Å². The van der Waals surface area contributed by atoms with Gasteiger partial charge in [-0.1, -0.05) is 18.2 Å². The molecule has 2 aliphatic heterocycles. The molecule has 1 unspecified atom stereocenters. The maximum Gasteiger partial charge on any atom is 0.221 e. The van der Waals surface area contributed by atoms with E-state index in [9.17, 15) is 4.79 Å². The van der Waals surface area contributed by atoms with E-state index in [1.54, 1.807) is 0 Å². The third kappa shape index (κ3) is 4.94. The highest BCUT2D eigenvalue weighted by Crippen LogP contribution is 2.39. The smallest absolute Gasteiger partial charge is 0.221 e. The van der Waals surface area contributed by atoms with Crippen molar-refractivity contribution in [1.29, 1.82) is 0 Å². The van der Waals surface area contributed by atoms with Crippen LogP contribution in [0.5, 0.6) is 0 Å². The number of anilines is 2. The number of fused-ring (bicyclic) bond motifs is 1. The Bertz CT molecular complexity index is 914. The zero-order valence-corrected chi connectivity index (χ0v) is 18.8. The van der Waals surface area contributed by atoms with Crippen molar-refractivity contribution >= 4 is 17.4 Å². The molecule has 1 aromatic carbocycles. The molecule has 2 aromatic rings. The summed E-state index contributed by atoms with van der Waals surface area (Å²) in [6, 6.07) is 12.1. The fraction of sp³-hybridized carbons (Fsp3) is 0.560. The molecule has 0 radical (unpaired) electrons. The summed E-state index contributed by atoms with van der Waals surface area (Å²) in [5.41, 5.74) is 2.39. The van der Waals surface area contributed by atoms with Crippen LogP contribution in [0.1, 0.15) is 32.6 Å². The van der Waals surface area contributed by atoms with Gasteiger partial charge in [0.25, 0.3) is 0 Å². The highest BCUT2D eigenvalue weighted by atomic mass is 16.5. The van der Waals surface area contributed by atoms with Crippen molar-refractivity contribution in [2.75, 3.05) is 43.5 Å². The molecule has 1 aliphatic carbocycles. The quantitative estimate of drug-likeness (QED) is 0.721. The molecule has 1 aromatic heterocycles. The molecule has 1 saturated carbocycles. The molecular weight excluding hydrogens is 402 g/mol. The SMILES string of the molecule is CC(=O)Nc1ccccc1-c1ccc(NC2C[C@@H]3CN(CC4CCOCC4)C[C@@H]3C2)nn1. The summed E-state index contributed by atoms with van der Waals surface area (Å²) in [6.45, 7) is 7.12. The fourth-order valence-corrected chi connectivity index (χ4v) is 5.73. The van der Waals surface area contributed by atoms with Crippen LogP contribution in [-0.2, 0) is 9.53 Å². The molecule has 3 aliphatic rings. The molecule has 3 fully saturated rings. The number of rotatable bonds is 6. The number of amides is 1. The number of hydrogen-bond acceptors (Lipinski definition) is 6. The number of likely N-dealkylation sites (tertiary alicyclic amines) is 1. The van der Waals surface area contributed by atoms with E-state index < -0.39 is 0 Å². The summed E-state index contributed by atoms with van der Waals surface area (Å²) in [5.74, 6) is 3.14. The number of carbonyl (C=O) groups is 1. The second kappa shape index (κ2) is 9.55. The van der Waals surface area contributed by atoms with Crippen molar-refractivity contribution in [2.45, 2.75) is 38.6 Å². The lowest BCUT2D eigenvalue weighted by atomic mass is 10.00. The second-order valence-electron chi connectivity index (χ2n) is 9.64. The topological polar surface area (TPSA) is 79.4 Å². The highest BCUT2D eigenvalue weighted by Gasteiger charge is 2.41. The Morgan fingerprint density at radius 3 is 2.50 bits per heavy atom. The average Bonchev–Trinajstić information content (AvgIpc) is 3.33. The van der Waals surface area contributed by atoms with Gasteiger partial charge in [-0.25, -0.2) is 0 Å². The Kier molecular flexibility index (Phi) is 6.37. The Morgan fingerprint density at radius 1 is 1.06 bits per heavy atom. The van der Waals surface area contributed by atoms with Crippen LogP contribution in [0.3, 0.4) is 0 Å². The van der Waals surface area contributed by atoms with Crippen LogP contribution in [0.25, 0.3) is 11.3 Å². The number of benzene rings is 1. The summed E-state index contributed by atoms with van der Waals surface area (Å²) in [7, 11) is 0. The Labute approximate surface area is 189 Å². The van der Waals surface area contributed by atoms with Gasteiger partial charge in [0.2, 0.25) is 5.91 Å². The molecule has 32 heavy (non-hydrogen) atoms. The standard InChI is InChI=1S/C25H33N5O2/c1-17(31)26-23-5-3-2-4-22(23)24-6-7-25(29-28-24)27-21-12-19-15-30(16-20(19)13-21)14-18-8-10-32-11-9-18/h2-7,18-21H,8-16H2,1H3,(H,26,31)(H,27,29)/t19-,20+,21?. The van der Waals surface area contributed by atoms with Gasteiger partial charge in [0, 0.05) is 51.4 Å². The second-order valence-corrected chi connectivity index (χ2v) is 9.64.